The Morgan fingerprint density at radius 2 is 1.71 bits per heavy atom. The van der Waals surface area contributed by atoms with Crippen molar-refractivity contribution in [3.8, 4) is 0 Å². The maximum Gasteiger partial charge on any atom is 0.104 e. The lowest BCUT2D eigenvalue weighted by atomic mass is 9.97. The molecule has 1 aromatic rings. The minimum absolute atomic E-state index is 0.558. The molecule has 118 valence electrons. The van der Waals surface area contributed by atoms with Gasteiger partial charge in [-0.1, -0.05) is 57.7 Å². The van der Waals surface area contributed by atoms with E-state index in [2.05, 4.69) is 57.3 Å². The molecule has 1 rings (SSSR count). The summed E-state index contributed by atoms with van der Waals surface area (Å²) in [6.45, 7) is 9.81. The summed E-state index contributed by atoms with van der Waals surface area (Å²) in [4.78, 5) is 4.86. The van der Waals surface area contributed by atoms with Crippen LogP contribution in [0.1, 0.15) is 64.9 Å². The van der Waals surface area contributed by atoms with Crippen LogP contribution in [0.2, 0.25) is 0 Å². The van der Waals surface area contributed by atoms with Crippen LogP contribution in [0.25, 0.3) is 0 Å². The molecule has 0 radical (unpaired) electrons. The van der Waals surface area contributed by atoms with Crippen molar-refractivity contribution in [2.45, 2.75) is 66.2 Å². The van der Waals surface area contributed by atoms with E-state index in [9.17, 15) is 0 Å². The fourth-order valence-corrected chi connectivity index (χ4v) is 2.40. The highest BCUT2D eigenvalue weighted by Gasteiger charge is 2.13. The third kappa shape index (κ3) is 6.79. The SMILES string of the molecule is CCCCN=C(Nc1ccc(C)cc1)[C@H](CC)CCCC. The molecule has 0 fully saturated rings. The minimum Gasteiger partial charge on any atom is -0.344 e. The number of aliphatic imine (C=N–C) groups is 1. The molecule has 0 unspecified atom stereocenters. The number of anilines is 1. The molecule has 2 heteroatoms. The predicted octanol–water partition coefficient (Wildman–Crippen LogP) is 5.82. The summed E-state index contributed by atoms with van der Waals surface area (Å²) in [6.07, 6.45) is 7.29. The average Bonchev–Trinajstić information content (AvgIpc) is 2.50. The molecule has 0 spiro atoms. The van der Waals surface area contributed by atoms with Gasteiger partial charge >= 0.3 is 0 Å². The topological polar surface area (TPSA) is 24.4 Å². The number of amidine groups is 1. The number of hydrogen-bond acceptors (Lipinski definition) is 1. The number of nitrogens with one attached hydrogen (secondary N) is 1. The van der Waals surface area contributed by atoms with Crippen LogP contribution in [-0.2, 0) is 0 Å². The molecule has 0 aliphatic rings. The highest BCUT2D eigenvalue weighted by Crippen LogP contribution is 2.18. The fourth-order valence-electron chi connectivity index (χ4n) is 2.40. The van der Waals surface area contributed by atoms with Gasteiger partial charge in [-0.3, -0.25) is 4.99 Å². The van der Waals surface area contributed by atoms with Crippen molar-refractivity contribution < 1.29 is 0 Å². The van der Waals surface area contributed by atoms with Crippen molar-refractivity contribution in [3.63, 3.8) is 0 Å². The number of rotatable bonds is 9. The van der Waals surface area contributed by atoms with Crippen molar-refractivity contribution in [1.82, 2.24) is 0 Å². The van der Waals surface area contributed by atoms with Gasteiger partial charge in [0.15, 0.2) is 0 Å². The second-order valence-corrected chi connectivity index (χ2v) is 5.86. The maximum absolute atomic E-state index is 4.86. The number of unbranched alkanes of at least 4 members (excludes halogenated alkanes) is 2. The van der Waals surface area contributed by atoms with Gasteiger partial charge in [0.2, 0.25) is 0 Å². The molecule has 1 N–H and O–H groups in total. The number of benzene rings is 1. The van der Waals surface area contributed by atoms with Gasteiger partial charge in [-0.05, 0) is 38.3 Å². The van der Waals surface area contributed by atoms with E-state index in [-0.39, 0.29) is 0 Å². The van der Waals surface area contributed by atoms with Gasteiger partial charge in [0.25, 0.3) is 0 Å². The highest BCUT2D eigenvalue weighted by atomic mass is 15.0. The summed E-state index contributed by atoms with van der Waals surface area (Å²) in [5, 5.41) is 3.58. The van der Waals surface area contributed by atoms with Gasteiger partial charge in [-0.2, -0.15) is 0 Å². The molecule has 1 atom stereocenters. The van der Waals surface area contributed by atoms with Crippen molar-refractivity contribution in [2.75, 3.05) is 11.9 Å². The van der Waals surface area contributed by atoms with E-state index >= 15 is 0 Å². The molecule has 0 aromatic heterocycles. The first-order valence-corrected chi connectivity index (χ1v) is 8.59. The Kier molecular flexibility index (Phi) is 8.80. The molecule has 2 nitrogen and oxygen atoms in total. The highest BCUT2D eigenvalue weighted by molar-refractivity contribution is 5.97. The summed E-state index contributed by atoms with van der Waals surface area (Å²) < 4.78 is 0. The third-order valence-electron chi connectivity index (χ3n) is 3.90. The first-order chi connectivity index (χ1) is 10.2. The molecule has 1 aromatic carbocycles. The maximum atomic E-state index is 4.86. The first-order valence-electron chi connectivity index (χ1n) is 8.59. The van der Waals surface area contributed by atoms with E-state index in [1.54, 1.807) is 0 Å². The quantitative estimate of drug-likeness (QED) is 0.345. The molecule has 0 saturated heterocycles. The van der Waals surface area contributed by atoms with Crippen LogP contribution >= 0.6 is 0 Å². The monoisotopic (exact) mass is 288 g/mol. The van der Waals surface area contributed by atoms with Gasteiger partial charge in [0, 0.05) is 18.2 Å². The van der Waals surface area contributed by atoms with Gasteiger partial charge in [-0.15, -0.1) is 0 Å². The second-order valence-electron chi connectivity index (χ2n) is 5.86. The van der Waals surface area contributed by atoms with Gasteiger partial charge < -0.3 is 5.32 Å². The van der Waals surface area contributed by atoms with E-state index < -0.39 is 0 Å². The summed E-state index contributed by atoms with van der Waals surface area (Å²) in [6, 6.07) is 8.60. The molecule has 0 heterocycles. The van der Waals surface area contributed by atoms with Crippen LogP contribution in [0.4, 0.5) is 5.69 Å². The molecular weight excluding hydrogens is 256 g/mol. The van der Waals surface area contributed by atoms with Gasteiger partial charge in [-0.25, -0.2) is 0 Å². The molecule has 0 aliphatic heterocycles. The van der Waals surface area contributed by atoms with Crippen molar-refractivity contribution >= 4 is 11.5 Å². The van der Waals surface area contributed by atoms with E-state index in [0.29, 0.717) is 5.92 Å². The normalized spacial score (nSPS) is 13.2. The Bertz CT molecular complexity index is 406. The van der Waals surface area contributed by atoms with Crippen LogP contribution in [0.5, 0.6) is 0 Å². The van der Waals surface area contributed by atoms with Crippen LogP contribution in [0, 0.1) is 12.8 Å². The van der Waals surface area contributed by atoms with E-state index in [4.69, 9.17) is 4.99 Å². The molecule has 21 heavy (non-hydrogen) atoms. The lowest BCUT2D eigenvalue weighted by Gasteiger charge is -2.19. The zero-order chi connectivity index (χ0) is 15.5. The molecular formula is C19H32N2. The molecule has 0 aliphatic carbocycles. The summed E-state index contributed by atoms with van der Waals surface area (Å²) >= 11 is 0. The number of hydrogen-bond donors (Lipinski definition) is 1. The summed E-state index contributed by atoms with van der Waals surface area (Å²) in [5.41, 5.74) is 2.45. The Morgan fingerprint density at radius 1 is 1.05 bits per heavy atom. The Balaban J connectivity index is 2.79. The lowest BCUT2D eigenvalue weighted by molar-refractivity contribution is 0.564. The third-order valence-corrected chi connectivity index (χ3v) is 3.90. The summed E-state index contributed by atoms with van der Waals surface area (Å²) in [5.74, 6) is 1.74. The number of aryl methyl sites for hydroxylation is 1. The van der Waals surface area contributed by atoms with Crippen LogP contribution in [-0.4, -0.2) is 12.4 Å². The standard InChI is InChI=1S/C19H32N2/c1-5-8-10-17(7-3)19(20-15-9-6-2)21-18-13-11-16(4)12-14-18/h11-14,17H,5-10,15H2,1-4H3,(H,20,21)/t17-/m1/s1. The largest absolute Gasteiger partial charge is 0.344 e. The Labute approximate surface area is 131 Å². The van der Waals surface area contributed by atoms with Crippen LogP contribution in [0.3, 0.4) is 0 Å². The van der Waals surface area contributed by atoms with Crippen molar-refractivity contribution in [2.24, 2.45) is 10.9 Å². The number of nitrogens with zero attached hydrogens (tertiary/aromatic N) is 1. The minimum atomic E-state index is 0.558. The smallest absolute Gasteiger partial charge is 0.104 e. The Morgan fingerprint density at radius 3 is 2.29 bits per heavy atom. The van der Waals surface area contributed by atoms with Crippen LogP contribution in [0.15, 0.2) is 29.3 Å². The average molecular weight is 288 g/mol. The van der Waals surface area contributed by atoms with Gasteiger partial charge in [0.05, 0.1) is 0 Å². The van der Waals surface area contributed by atoms with Gasteiger partial charge in [0.1, 0.15) is 5.84 Å². The fraction of sp³-hybridized carbons (Fsp3) is 0.632. The second kappa shape index (κ2) is 10.4. The zero-order valence-corrected chi connectivity index (χ0v) is 14.3. The van der Waals surface area contributed by atoms with E-state index in [1.165, 1.54) is 43.5 Å². The van der Waals surface area contributed by atoms with Crippen molar-refractivity contribution in [1.29, 1.82) is 0 Å². The van der Waals surface area contributed by atoms with Crippen molar-refractivity contribution in [3.05, 3.63) is 29.8 Å². The summed E-state index contributed by atoms with van der Waals surface area (Å²) in [7, 11) is 0. The lowest BCUT2D eigenvalue weighted by Crippen LogP contribution is -2.23. The van der Waals surface area contributed by atoms with E-state index in [0.717, 1.165) is 18.7 Å². The molecule has 0 bridgehead atoms. The predicted molar refractivity (Wildman–Crippen MR) is 95.3 cm³/mol. The van der Waals surface area contributed by atoms with E-state index in [1.807, 2.05) is 0 Å². The molecule has 0 amide bonds. The van der Waals surface area contributed by atoms with Crippen LogP contribution < -0.4 is 5.32 Å². The first kappa shape index (κ1) is 17.7. The molecule has 0 saturated carbocycles. The Hall–Kier alpha value is -1.31. The zero-order valence-electron chi connectivity index (χ0n) is 14.3.